The highest BCUT2D eigenvalue weighted by molar-refractivity contribution is 8.00. The van der Waals surface area contributed by atoms with Gasteiger partial charge in [-0.15, -0.1) is 11.8 Å². The normalized spacial score (nSPS) is 17.6. The van der Waals surface area contributed by atoms with Crippen molar-refractivity contribution in [2.75, 3.05) is 24.3 Å². The predicted molar refractivity (Wildman–Crippen MR) is 82.5 cm³/mol. The van der Waals surface area contributed by atoms with Crippen LogP contribution in [0.1, 0.15) is 12.5 Å². The van der Waals surface area contributed by atoms with E-state index in [1.54, 1.807) is 18.3 Å². The maximum atomic E-state index is 12.8. The second kappa shape index (κ2) is 6.93. The minimum Gasteiger partial charge on any atom is -0.379 e. The number of benzene rings is 1. The summed E-state index contributed by atoms with van der Waals surface area (Å²) in [6.45, 7) is 1.41. The fraction of sp³-hybridized carbons (Fsp3) is 0.333. The third kappa shape index (κ3) is 3.86. The van der Waals surface area contributed by atoms with E-state index < -0.39 is 0 Å². The van der Waals surface area contributed by atoms with Crippen LogP contribution in [0.3, 0.4) is 0 Å². The van der Waals surface area contributed by atoms with Crippen LogP contribution in [-0.4, -0.2) is 34.7 Å². The molecule has 5 nitrogen and oxygen atoms in total. The third-order valence-corrected chi connectivity index (χ3v) is 4.36. The Morgan fingerprint density at radius 2 is 2.27 bits per heavy atom. The lowest BCUT2D eigenvalue weighted by atomic mass is 10.3. The summed E-state index contributed by atoms with van der Waals surface area (Å²) in [5, 5.41) is 7.06. The maximum absolute atomic E-state index is 12.8. The standard InChI is InChI=1S/C15H16FN3O2S/c16-11-1-3-14(4-2-11)22-10-15(20)18-12-7-17-19(8-12)13-5-6-21-9-13/h1-4,7-8,13H,5-6,9-10H2,(H,18,20). The Morgan fingerprint density at radius 3 is 3.00 bits per heavy atom. The Balaban J connectivity index is 1.50. The van der Waals surface area contributed by atoms with Crippen LogP contribution in [0.4, 0.5) is 10.1 Å². The van der Waals surface area contributed by atoms with E-state index in [1.807, 2.05) is 10.9 Å². The highest BCUT2D eigenvalue weighted by Crippen LogP contribution is 2.21. The highest BCUT2D eigenvalue weighted by atomic mass is 32.2. The fourth-order valence-corrected chi connectivity index (χ4v) is 2.91. The lowest BCUT2D eigenvalue weighted by Crippen LogP contribution is -2.13. The Morgan fingerprint density at radius 1 is 1.45 bits per heavy atom. The van der Waals surface area contributed by atoms with E-state index in [-0.39, 0.29) is 23.5 Å². The second-order valence-electron chi connectivity index (χ2n) is 5.02. The molecular formula is C15H16FN3O2S. The van der Waals surface area contributed by atoms with Crippen LogP contribution in [0.5, 0.6) is 0 Å². The van der Waals surface area contributed by atoms with Crippen molar-refractivity contribution in [1.82, 2.24) is 9.78 Å². The summed E-state index contributed by atoms with van der Waals surface area (Å²) >= 11 is 1.36. The minimum absolute atomic E-state index is 0.114. The SMILES string of the molecule is O=C(CSc1ccc(F)cc1)Nc1cnn(C2CCOC2)c1. The first-order valence-electron chi connectivity index (χ1n) is 7.01. The predicted octanol–water partition coefficient (Wildman–Crippen LogP) is 2.71. The lowest BCUT2D eigenvalue weighted by molar-refractivity contribution is -0.113. The molecule has 116 valence electrons. The molecule has 0 saturated carbocycles. The summed E-state index contributed by atoms with van der Waals surface area (Å²) in [4.78, 5) is 12.8. The summed E-state index contributed by atoms with van der Waals surface area (Å²) in [6.07, 6.45) is 4.40. The van der Waals surface area contributed by atoms with E-state index in [9.17, 15) is 9.18 Å². The van der Waals surface area contributed by atoms with Crippen LogP contribution in [0.2, 0.25) is 0 Å². The van der Waals surface area contributed by atoms with Crippen molar-refractivity contribution in [2.45, 2.75) is 17.4 Å². The topological polar surface area (TPSA) is 56.2 Å². The van der Waals surface area contributed by atoms with Gasteiger partial charge in [0.2, 0.25) is 5.91 Å². The Labute approximate surface area is 131 Å². The first-order chi connectivity index (χ1) is 10.7. The number of ether oxygens (including phenoxy) is 1. The first-order valence-corrected chi connectivity index (χ1v) is 7.99. The number of halogens is 1. The third-order valence-electron chi connectivity index (χ3n) is 3.35. The molecule has 1 aliphatic rings. The number of carbonyl (C=O) groups is 1. The van der Waals surface area contributed by atoms with Crippen molar-refractivity contribution in [3.8, 4) is 0 Å². The van der Waals surface area contributed by atoms with Gasteiger partial charge in [-0.1, -0.05) is 0 Å². The quantitative estimate of drug-likeness (QED) is 0.860. The number of aromatic nitrogens is 2. The molecule has 0 radical (unpaired) electrons. The van der Waals surface area contributed by atoms with Gasteiger partial charge in [0, 0.05) is 17.7 Å². The molecule has 1 fully saturated rings. The molecule has 0 spiro atoms. The summed E-state index contributed by atoms with van der Waals surface area (Å²) < 4.78 is 19.9. The van der Waals surface area contributed by atoms with Crippen LogP contribution in [0.15, 0.2) is 41.6 Å². The number of rotatable bonds is 5. The van der Waals surface area contributed by atoms with Crippen molar-refractivity contribution >= 4 is 23.4 Å². The lowest BCUT2D eigenvalue weighted by Gasteiger charge is -2.07. The van der Waals surface area contributed by atoms with Crippen molar-refractivity contribution in [3.05, 3.63) is 42.5 Å². The van der Waals surface area contributed by atoms with Gasteiger partial charge in [0.1, 0.15) is 5.82 Å². The molecule has 3 rings (SSSR count). The zero-order valence-electron chi connectivity index (χ0n) is 11.9. The van der Waals surface area contributed by atoms with Crippen LogP contribution < -0.4 is 5.32 Å². The van der Waals surface area contributed by atoms with Crippen molar-refractivity contribution in [2.24, 2.45) is 0 Å². The molecule has 1 amide bonds. The van der Waals surface area contributed by atoms with Gasteiger partial charge in [0.05, 0.1) is 30.3 Å². The van der Waals surface area contributed by atoms with Gasteiger partial charge in [-0.05, 0) is 30.7 Å². The van der Waals surface area contributed by atoms with Crippen LogP contribution >= 0.6 is 11.8 Å². The Bertz CT molecular complexity index is 638. The molecular weight excluding hydrogens is 305 g/mol. The van der Waals surface area contributed by atoms with E-state index >= 15 is 0 Å². The molecule has 1 aliphatic heterocycles. The molecule has 1 aromatic heterocycles. The highest BCUT2D eigenvalue weighted by Gasteiger charge is 2.18. The van der Waals surface area contributed by atoms with E-state index in [4.69, 9.17) is 4.74 Å². The number of hydrogen-bond donors (Lipinski definition) is 1. The van der Waals surface area contributed by atoms with Gasteiger partial charge in [0.15, 0.2) is 0 Å². The van der Waals surface area contributed by atoms with Gasteiger partial charge in [-0.25, -0.2) is 4.39 Å². The van der Waals surface area contributed by atoms with Crippen molar-refractivity contribution in [3.63, 3.8) is 0 Å². The Kier molecular flexibility index (Phi) is 4.74. The number of hydrogen-bond acceptors (Lipinski definition) is 4. The van der Waals surface area contributed by atoms with Gasteiger partial charge in [0.25, 0.3) is 0 Å². The second-order valence-corrected chi connectivity index (χ2v) is 6.07. The molecule has 0 aliphatic carbocycles. The molecule has 1 aromatic carbocycles. The van der Waals surface area contributed by atoms with E-state index in [1.165, 1.54) is 23.9 Å². The van der Waals surface area contributed by atoms with E-state index in [0.29, 0.717) is 12.3 Å². The number of amides is 1. The number of carbonyl (C=O) groups excluding carboxylic acids is 1. The summed E-state index contributed by atoms with van der Waals surface area (Å²) in [5.41, 5.74) is 0.677. The largest absolute Gasteiger partial charge is 0.379 e. The fourth-order valence-electron chi connectivity index (χ4n) is 2.21. The van der Waals surface area contributed by atoms with Crippen LogP contribution in [0.25, 0.3) is 0 Å². The van der Waals surface area contributed by atoms with Gasteiger partial charge in [-0.3, -0.25) is 9.48 Å². The average molecular weight is 321 g/mol. The molecule has 2 heterocycles. The monoisotopic (exact) mass is 321 g/mol. The maximum Gasteiger partial charge on any atom is 0.234 e. The molecule has 1 N–H and O–H groups in total. The molecule has 0 bridgehead atoms. The summed E-state index contributed by atoms with van der Waals surface area (Å²) in [6, 6.07) is 6.33. The van der Waals surface area contributed by atoms with Gasteiger partial charge >= 0.3 is 0 Å². The molecule has 7 heteroatoms. The molecule has 2 aromatic rings. The zero-order valence-corrected chi connectivity index (χ0v) is 12.7. The number of nitrogens with zero attached hydrogens (tertiary/aromatic N) is 2. The summed E-state index contributed by atoms with van der Waals surface area (Å²) in [5.74, 6) is -0.128. The van der Waals surface area contributed by atoms with E-state index in [2.05, 4.69) is 10.4 Å². The molecule has 1 saturated heterocycles. The minimum atomic E-state index is -0.280. The zero-order chi connectivity index (χ0) is 15.4. The number of thioether (sulfide) groups is 1. The van der Waals surface area contributed by atoms with Gasteiger partial charge < -0.3 is 10.1 Å². The summed E-state index contributed by atoms with van der Waals surface area (Å²) in [7, 11) is 0. The molecule has 1 atom stereocenters. The average Bonchev–Trinajstić information content (AvgIpc) is 3.17. The van der Waals surface area contributed by atoms with Crippen LogP contribution in [0, 0.1) is 5.82 Å². The first kappa shape index (κ1) is 15.1. The van der Waals surface area contributed by atoms with E-state index in [0.717, 1.165) is 17.9 Å². The molecule has 1 unspecified atom stereocenters. The number of nitrogens with one attached hydrogen (secondary N) is 1. The van der Waals surface area contributed by atoms with Crippen molar-refractivity contribution in [1.29, 1.82) is 0 Å². The van der Waals surface area contributed by atoms with Gasteiger partial charge in [-0.2, -0.15) is 5.10 Å². The van der Waals surface area contributed by atoms with Crippen LogP contribution in [-0.2, 0) is 9.53 Å². The molecule has 22 heavy (non-hydrogen) atoms. The Hall–Kier alpha value is -1.86. The number of anilines is 1. The smallest absolute Gasteiger partial charge is 0.234 e. The van der Waals surface area contributed by atoms with Crippen molar-refractivity contribution < 1.29 is 13.9 Å².